The van der Waals surface area contributed by atoms with E-state index in [0.29, 0.717) is 6.61 Å². The number of halogens is 1. The van der Waals surface area contributed by atoms with E-state index in [9.17, 15) is 4.79 Å². The van der Waals surface area contributed by atoms with E-state index in [2.05, 4.69) is 28.2 Å². The van der Waals surface area contributed by atoms with Crippen LogP contribution < -0.4 is 10.1 Å². The van der Waals surface area contributed by atoms with Gasteiger partial charge < -0.3 is 10.1 Å². The van der Waals surface area contributed by atoms with Crippen molar-refractivity contribution in [3.05, 3.63) is 23.3 Å². The second kappa shape index (κ2) is 6.78. The highest BCUT2D eigenvalue weighted by atomic mass is 79.9. The average Bonchev–Trinajstić information content (AvgIpc) is 2.30. The third-order valence-electron chi connectivity index (χ3n) is 2.59. The van der Waals surface area contributed by atoms with Crippen LogP contribution in [0.25, 0.3) is 0 Å². The van der Waals surface area contributed by atoms with Crippen LogP contribution in [-0.2, 0) is 4.79 Å². The van der Waals surface area contributed by atoms with E-state index in [1.165, 1.54) is 0 Å². The summed E-state index contributed by atoms with van der Waals surface area (Å²) in [4.78, 5) is 11.5. The van der Waals surface area contributed by atoms with E-state index < -0.39 is 0 Å². The zero-order chi connectivity index (χ0) is 13.7. The largest absolute Gasteiger partial charge is 0.494 e. The summed E-state index contributed by atoms with van der Waals surface area (Å²) in [7, 11) is 0. The molecule has 0 aliphatic heterocycles. The van der Waals surface area contributed by atoms with Crippen molar-refractivity contribution in [2.45, 2.75) is 38.9 Å². The maximum absolute atomic E-state index is 11.7. The summed E-state index contributed by atoms with van der Waals surface area (Å²) in [5.74, 6) is 0.820. The van der Waals surface area contributed by atoms with Crippen molar-refractivity contribution in [1.82, 2.24) is 0 Å². The molecule has 0 aliphatic rings. The molecule has 4 heteroatoms. The second-order valence-corrected chi connectivity index (χ2v) is 5.76. The average molecular weight is 314 g/mol. The number of hydrogen-bond donors (Lipinski definition) is 1. The molecule has 0 aliphatic carbocycles. The van der Waals surface area contributed by atoms with Crippen molar-refractivity contribution in [2.24, 2.45) is 0 Å². The minimum absolute atomic E-state index is 0.0385. The third-order valence-corrected chi connectivity index (χ3v) is 3.00. The van der Waals surface area contributed by atoms with Gasteiger partial charge in [0.2, 0.25) is 5.91 Å². The van der Waals surface area contributed by atoms with Gasteiger partial charge in [-0.25, -0.2) is 0 Å². The number of amides is 1. The van der Waals surface area contributed by atoms with E-state index in [-0.39, 0.29) is 10.7 Å². The van der Waals surface area contributed by atoms with E-state index in [1.54, 1.807) is 6.92 Å². The molecule has 1 N–H and O–H groups in total. The predicted molar refractivity (Wildman–Crippen MR) is 78.7 cm³/mol. The van der Waals surface area contributed by atoms with Gasteiger partial charge in [0.15, 0.2) is 0 Å². The molecule has 0 aromatic heterocycles. The van der Waals surface area contributed by atoms with Gasteiger partial charge >= 0.3 is 0 Å². The Morgan fingerprint density at radius 3 is 2.39 bits per heavy atom. The summed E-state index contributed by atoms with van der Waals surface area (Å²) >= 11 is 3.26. The topological polar surface area (TPSA) is 38.3 Å². The highest BCUT2D eigenvalue weighted by Gasteiger charge is 2.12. The molecule has 0 heterocycles. The molecule has 0 saturated carbocycles. The highest BCUT2D eigenvalue weighted by Crippen LogP contribution is 2.26. The number of carbonyl (C=O) groups is 1. The molecule has 18 heavy (non-hydrogen) atoms. The van der Waals surface area contributed by atoms with Crippen LogP contribution >= 0.6 is 15.9 Å². The van der Waals surface area contributed by atoms with E-state index in [1.807, 2.05) is 26.0 Å². The Morgan fingerprint density at radius 2 is 1.94 bits per heavy atom. The van der Waals surface area contributed by atoms with Gasteiger partial charge in [0.05, 0.1) is 11.4 Å². The van der Waals surface area contributed by atoms with E-state index in [0.717, 1.165) is 29.0 Å². The lowest BCUT2D eigenvalue weighted by atomic mass is 10.1. The second-order valence-electron chi connectivity index (χ2n) is 4.39. The Kier molecular flexibility index (Phi) is 5.66. The smallest absolute Gasteiger partial charge is 0.237 e. The third kappa shape index (κ3) is 4.02. The summed E-state index contributed by atoms with van der Waals surface area (Å²) < 4.78 is 5.60. The normalized spacial score (nSPS) is 12.1. The highest BCUT2D eigenvalue weighted by molar-refractivity contribution is 9.10. The summed E-state index contributed by atoms with van der Waals surface area (Å²) in [5, 5.41) is 2.92. The summed E-state index contributed by atoms with van der Waals surface area (Å²) in [6.45, 7) is 8.54. The molecule has 1 unspecified atom stereocenters. The monoisotopic (exact) mass is 313 g/mol. The first-order valence-corrected chi connectivity index (χ1v) is 7.06. The molecule has 0 fully saturated rings. The molecule has 100 valence electrons. The van der Waals surface area contributed by atoms with Crippen LogP contribution in [0.15, 0.2) is 12.1 Å². The number of aryl methyl sites for hydroxylation is 2. The molecule has 3 nitrogen and oxygen atoms in total. The molecule has 0 radical (unpaired) electrons. The minimum Gasteiger partial charge on any atom is -0.494 e. The molecule has 1 aromatic carbocycles. The van der Waals surface area contributed by atoms with Crippen molar-refractivity contribution in [3.8, 4) is 5.75 Å². The lowest BCUT2D eigenvalue weighted by Gasteiger charge is -2.15. The molecular formula is C14H20BrNO2. The summed E-state index contributed by atoms with van der Waals surface area (Å²) in [6, 6.07) is 3.91. The van der Waals surface area contributed by atoms with Crippen molar-refractivity contribution >= 4 is 27.5 Å². The van der Waals surface area contributed by atoms with Gasteiger partial charge in [-0.2, -0.15) is 0 Å². The number of hydrogen-bond acceptors (Lipinski definition) is 2. The van der Waals surface area contributed by atoms with E-state index in [4.69, 9.17) is 4.74 Å². The van der Waals surface area contributed by atoms with Gasteiger partial charge in [-0.1, -0.05) is 22.9 Å². The van der Waals surface area contributed by atoms with Crippen LogP contribution in [0.1, 0.15) is 31.4 Å². The first-order chi connectivity index (χ1) is 8.45. The quantitative estimate of drug-likeness (QED) is 0.839. The molecule has 1 aromatic rings. The first-order valence-electron chi connectivity index (χ1n) is 6.14. The van der Waals surface area contributed by atoms with Gasteiger partial charge in [-0.3, -0.25) is 4.79 Å². The van der Waals surface area contributed by atoms with Gasteiger partial charge in [-0.05, 0) is 50.5 Å². The van der Waals surface area contributed by atoms with E-state index >= 15 is 0 Å². The van der Waals surface area contributed by atoms with Crippen molar-refractivity contribution in [1.29, 1.82) is 0 Å². The number of ether oxygens (including phenoxy) is 1. The Labute approximate surface area is 117 Å². The Morgan fingerprint density at radius 1 is 1.39 bits per heavy atom. The molecule has 1 atom stereocenters. The van der Waals surface area contributed by atoms with Crippen LogP contribution in [-0.4, -0.2) is 17.3 Å². The van der Waals surface area contributed by atoms with Crippen molar-refractivity contribution in [3.63, 3.8) is 0 Å². The lowest BCUT2D eigenvalue weighted by Crippen LogP contribution is -2.21. The number of carbonyl (C=O) groups excluding carboxylic acids is 1. The number of nitrogens with one attached hydrogen (secondary N) is 1. The van der Waals surface area contributed by atoms with Crippen LogP contribution in [0.4, 0.5) is 5.69 Å². The van der Waals surface area contributed by atoms with Gasteiger partial charge in [0, 0.05) is 5.69 Å². The molecule has 0 saturated heterocycles. The molecule has 0 spiro atoms. The fourth-order valence-corrected chi connectivity index (χ4v) is 1.76. The molecular weight excluding hydrogens is 294 g/mol. The van der Waals surface area contributed by atoms with Gasteiger partial charge in [0.25, 0.3) is 0 Å². The number of benzene rings is 1. The Bertz CT molecular complexity index is 407. The number of anilines is 1. The van der Waals surface area contributed by atoms with Crippen LogP contribution in [0.5, 0.6) is 5.75 Å². The zero-order valence-electron chi connectivity index (χ0n) is 11.3. The minimum atomic E-state index is -0.202. The number of alkyl halides is 1. The maximum atomic E-state index is 11.7. The van der Waals surface area contributed by atoms with Gasteiger partial charge in [-0.15, -0.1) is 0 Å². The van der Waals surface area contributed by atoms with Crippen molar-refractivity contribution in [2.75, 3.05) is 11.9 Å². The van der Waals surface area contributed by atoms with Gasteiger partial charge in [0.1, 0.15) is 5.75 Å². The molecule has 1 rings (SSSR count). The zero-order valence-corrected chi connectivity index (χ0v) is 12.9. The standard InChI is InChI=1S/C14H20BrNO2/c1-5-6-18-12-7-9(2)13(10(3)8-12)16-14(17)11(4)15/h7-8,11H,5-6H2,1-4H3,(H,16,17). The molecule has 0 bridgehead atoms. The molecule has 1 amide bonds. The summed E-state index contributed by atoms with van der Waals surface area (Å²) in [5.41, 5.74) is 2.90. The predicted octanol–water partition coefficient (Wildman–Crippen LogP) is 3.81. The SMILES string of the molecule is CCCOc1cc(C)c(NC(=O)C(C)Br)c(C)c1. The lowest BCUT2D eigenvalue weighted by molar-refractivity contribution is -0.115. The Balaban J connectivity index is 2.90. The fraction of sp³-hybridized carbons (Fsp3) is 0.500. The Hall–Kier alpha value is -1.03. The van der Waals surface area contributed by atoms with Crippen LogP contribution in [0.2, 0.25) is 0 Å². The fourth-order valence-electron chi connectivity index (χ4n) is 1.65. The first kappa shape index (κ1) is 15.0. The van der Waals surface area contributed by atoms with Crippen LogP contribution in [0.3, 0.4) is 0 Å². The van der Waals surface area contributed by atoms with Crippen LogP contribution in [0, 0.1) is 13.8 Å². The van der Waals surface area contributed by atoms with Crippen molar-refractivity contribution < 1.29 is 9.53 Å². The number of rotatable bonds is 5. The summed E-state index contributed by atoms with van der Waals surface area (Å²) in [6.07, 6.45) is 0.984. The maximum Gasteiger partial charge on any atom is 0.237 e.